The Kier molecular flexibility index (Phi) is 9.57. The third-order valence-corrected chi connectivity index (χ3v) is 14.0. The summed E-state index contributed by atoms with van der Waals surface area (Å²) in [5, 5.41) is 3.24. The second-order valence-corrected chi connectivity index (χ2v) is 17.6. The Balaban J connectivity index is 0.725. The summed E-state index contributed by atoms with van der Waals surface area (Å²) < 4.78 is 0. The second-order valence-electron chi connectivity index (χ2n) is 17.2. The van der Waals surface area contributed by atoms with E-state index in [1.165, 1.54) is 43.4 Å². The van der Waals surface area contributed by atoms with Crippen molar-refractivity contribution in [3.63, 3.8) is 0 Å². The Morgan fingerprint density at radius 2 is 1.55 bits per heavy atom. The van der Waals surface area contributed by atoms with Gasteiger partial charge in [0.15, 0.2) is 0 Å². The van der Waals surface area contributed by atoms with Gasteiger partial charge in [-0.05, 0) is 131 Å². The highest BCUT2D eigenvalue weighted by Crippen LogP contribution is 2.46. The Bertz CT molecular complexity index is 2110. The van der Waals surface area contributed by atoms with Crippen LogP contribution < -0.4 is 20.0 Å². The number of rotatable bonds is 7. The summed E-state index contributed by atoms with van der Waals surface area (Å²) in [5.74, 6) is -0.420. The van der Waals surface area contributed by atoms with Gasteiger partial charge in [0, 0.05) is 72.6 Å². The molecule has 3 amide bonds. The van der Waals surface area contributed by atoms with Crippen LogP contribution in [0.3, 0.4) is 0 Å². The summed E-state index contributed by atoms with van der Waals surface area (Å²) in [6.07, 6.45) is 8.05. The minimum atomic E-state index is -0.793. The van der Waals surface area contributed by atoms with Crippen molar-refractivity contribution in [3.05, 3.63) is 106 Å². The molecule has 56 heavy (non-hydrogen) atoms. The molecule has 11 heteroatoms. The smallest absolute Gasteiger partial charge is 0.262 e. The number of nitrogens with zero attached hydrogens (tertiary/aromatic N) is 6. The molecule has 6 aliphatic rings. The van der Waals surface area contributed by atoms with Gasteiger partial charge in [-0.25, -0.2) is 4.85 Å². The number of likely N-dealkylation sites (tertiary alicyclic amines) is 1. The maximum absolute atomic E-state index is 13.4. The Morgan fingerprint density at radius 1 is 0.857 bits per heavy atom. The number of fused-ring (bicyclic) bond motifs is 1. The van der Waals surface area contributed by atoms with E-state index < -0.39 is 6.04 Å². The summed E-state index contributed by atoms with van der Waals surface area (Å²) in [6, 6.07) is 20.9. The molecule has 1 N–H and O–H groups in total. The van der Waals surface area contributed by atoms with Gasteiger partial charge in [0.1, 0.15) is 6.04 Å². The molecule has 9 rings (SSSR count). The van der Waals surface area contributed by atoms with Crippen molar-refractivity contribution in [2.75, 3.05) is 60.5 Å². The minimum Gasteiger partial charge on any atom is -0.371 e. The summed E-state index contributed by atoms with van der Waals surface area (Å²) in [6.45, 7) is 20.7. The van der Waals surface area contributed by atoms with E-state index in [2.05, 4.69) is 73.6 Å². The first-order chi connectivity index (χ1) is 27.1. The van der Waals surface area contributed by atoms with Gasteiger partial charge < -0.3 is 20.0 Å². The molecule has 0 aromatic heterocycles. The van der Waals surface area contributed by atoms with E-state index in [1.54, 1.807) is 6.07 Å². The van der Waals surface area contributed by atoms with Crippen LogP contribution in [0.15, 0.2) is 72.9 Å². The molecule has 1 spiro atoms. The molecular weight excluding hydrogens is 722 g/mol. The van der Waals surface area contributed by atoms with Crippen LogP contribution in [0.5, 0.6) is 0 Å². The third kappa shape index (κ3) is 6.73. The van der Waals surface area contributed by atoms with E-state index in [-0.39, 0.29) is 17.7 Å². The van der Waals surface area contributed by atoms with Crippen molar-refractivity contribution < 1.29 is 14.4 Å². The van der Waals surface area contributed by atoms with E-state index in [9.17, 15) is 14.4 Å². The highest BCUT2D eigenvalue weighted by molar-refractivity contribution is 6.33. The Morgan fingerprint density at radius 3 is 2.25 bits per heavy atom. The van der Waals surface area contributed by atoms with Gasteiger partial charge in [0.05, 0.1) is 17.7 Å². The molecule has 6 heterocycles. The van der Waals surface area contributed by atoms with Gasteiger partial charge in [-0.2, -0.15) is 0 Å². The van der Waals surface area contributed by atoms with Crippen LogP contribution in [0.2, 0.25) is 5.02 Å². The van der Waals surface area contributed by atoms with E-state index in [0.717, 1.165) is 68.5 Å². The zero-order valence-corrected chi connectivity index (χ0v) is 32.9. The lowest BCUT2D eigenvalue weighted by Crippen LogP contribution is -2.61. The van der Waals surface area contributed by atoms with Gasteiger partial charge >= 0.3 is 0 Å². The molecule has 5 fully saturated rings. The van der Waals surface area contributed by atoms with Crippen molar-refractivity contribution in [1.29, 1.82) is 0 Å². The van der Waals surface area contributed by atoms with Crippen LogP contribution in [0, 0.1) is 17.9 Å². The first kappa shape index (κ1) is 36.8. The van der Waals surface area contributed by atoms with Crippen LogP contribution >= 0.6 is 11.6 Å². The lowest BCUT2D eigenvalue weighted by Gasteiger charge is -2.48. The maximum atomic E-state index is 13.4. The maximum Gasteiger partial charge on any atom is 0.262 e. The number of nitrogens with one attached hydrogen (secondary N) is 1. The number of hydrogen-bond acceptors (Lipinski definition) is 7. The van der Waals surface area contributed by atoms with Gasteiger partial charge in [0.2, 0.25) is 11.6 Å². The zero-order valence-electron chi connectivity index (χ0n) is 32.2. The third-order valence-electron chi connectivity index (χ3n) is 13.7. The SMILES string of the molecule is [C-]#[N+]c1ccc(N2CC3(CCN(c4ccc(CC5CCN(C6CN(c7ccc8c(c7)C(=O)N(C7CCC(=C)NC7=O)C8=O)C6)CC5)cc4)CC3)C[C@@H]2C)cc1Cl. The Hall–Kier alpha value is -4.85. The molecule has 1 unspecified atom stereocenters. The predicted octanol–water partition coefficient (Wildman–Crippen LogP) is 7.31. The molecule has 0 aliphatic carbocycles. The normalized spacial score (nSPS) is 24.4. The average molecular weight is 772 g/mol. The summed E-state index contributed by atoms with van der Waals surface area (Å²) in [4.78, 5) is 53.7. The average Bonchev–Trinajstić information content (AvgIpc) is 3.63. The minimum absolute atomic E-state index is 0.326. The van der Waals surface area contributed by atoms with Crippen LogP contribution in [0.4, 0.5) is 22.7 Å². The molecular formula is C45H50ClN7O3. The van der Waals surface area contributed by atoms with Crippen LogP contribution in [0.1, 0.15) is 78.1 Å². The first-order valence-electron chi connectivity index (χ1n) is 20.4. The summed E-state index contributed by atoms with van der Waals surface area (Å²) in [5.41, 5.74) is 7.08. The molecule has 0 saturated carbocycles. The molecule has 3 aromatic rings. The van der Waals surface area contributed by atoms with Crippen molar-refractivity contribution in [2.45, 2.75) is 76.4 Å². The first-order valence-corrected chi connectivity index (χ1v) is 20.7. The molecule has 2 atom stereocenters. The standard InChI is InChI=1S/C45H50ClN7O3/c1-29-4-13-41(42(54)48-29)53-43(55)37-11-9-34(23-38(37)44(53)56)51-26-36(27-51)49-18-14-32(15-19-49)22-31-5-7-33(8-6-31)50-20-16-45(17-21-50)25-30(2)52(28-45)35-10-12-40(47-3)39(46)24-35/h5-12,23-24,30,32,36,41H,1,4,13-22,25-28H2,2H3,(H,48,54)/t30-,41?/m0/s1. The zero-order chi connectivity index (χ0) is 38.7. The predicted molar refractivity (Wildman–Crippen MR) is 221 cm³/mol. The number of benzene rings is 3. The highest BCUT2D eigenvalue weighted by Gasteiger charge is 2.46. The fraction of sp³-hybridized carbons (Fsp3) is 0.467. The summed E-state index contributed by atoms with van der Waals surface area (Å²) >= 11 is 6.40. The molecule has 3 aromatic carbocycles. The second kappa shape index (κ2) is 14.6. The Labute approximate surface area is 334 Å². The van der Waals surface area contributed by atoms with Gasteiger partial charge in [-0.3, -0.25) is 24.2 Å². The van der Waals surface area contributed by atoms with Crippen molar-refractivity contribution >= 4 is 52.1 Å². The van der Waals surface area contributed by atoms with E-state index >= 15 is 0 Å². The van der Waals surface area contributed by atoms with E-state index in [0.29, 0.717) is 63.8 Å². The molecule has 6 aliphatic heterocycles. The van der Waals surface area contributed by atoms with Gasteiger partial charge in [0.25, 0.3) is 11.8 Å². The monoisotopic (exact) mass is 771 g/mol. The number of hydrogen-bond donors (Lipinski definition) is 1. The van der Waals surface area contributed by atoms with E-state index in [1.807, 2.05) is 24.3 Å². The highest BCUT2D eigenvalue weighted by atomic mass is 35.5. The fourth-order valence-electron chi connectivity index (χ4n) is 10.4. The van der Waals surface area contributed by atoms with Crippen molar-refractivity contribution in [2.24, 2.45) is 11.3 Å². The van der Waals surface area contributed by atoms with Gasteiger partial charge in [-0.1, -0.05) is 36.4 Å². The molecule has 10 nitrogen and oxygen atoms in total. The number of carbonyl (C=O) groups excluding carboxylic acids is 3. The van der Waals surface area contributed by atoms with Gasteiger partial charge in [-0.15, -0.1) is 0 Å². The number of carbonyl (C=O) groups is 3. The molecule has 0 radical (unpaired) electrons. The number of allylic oxidation sites excluding steroid dienone is 1. The lowest BCUT2D eigenvalue weighted by atomic mass is 9.76. The number of amides is 3. The number of imide groups is 1. The van der Waals surface area contributed by atoms with Crippen LogP contribution in [-0.4, -0.2) is 91.5 Å². The largest absolute Gasteiger partial charge is 0.371 e. The van der Waals surface area contributed by atoms with Crippen molar-refractivity contribution in [3.8, 4) is 0 Å². The van der Waals surface area contributed by atoms with Crippen LogP contribution in [-0.2, 0) is 11.2 Å². The fourth-order valence-corrected chi connectivity index (χ4v) is 10.6. The number of halogens is 1. The summed E-state index contributed by atoms with van der Waals surface area (Å²) in [7, 11) is 0. The molecule has 0 bridgehead atoms. The number of piperidine rings is 3. The molecule has 290 valence electrons. The van der Waals surface area contributed by atoms with E-state index in [4.69, 9.17) is 18.2 Å². The quantitative estimate of drug-likeness (QED) is 0.199. The van der Waals surface area contributed by atoms with Crippen molar-refractivity contribution in [1.82, 2.24) is 15.1 Å². The molecule has 5 saturated heterocycles. The van der Waals surface area contributed by atoms with Crippen LogP contribution in [0.25, 0.3) is 4.85 Å². The topological polar surface area (TPSA) is 83.8 Å². The lowest BCUT2D eigenvalue weighted by molar-refractivity contribution is -0.125. The number of anilines is 3.